The van der Waals surface area contributed by atoms with Crippen molar-refractivity contribution >= 4 is 34.8 Å². The zero-order valence-corrected chi connectivity index (χ0v) is 16.2. The smallest absolute Gasteiger partial charge is 0.258 e. The number of anilines is 2. The van der Waals surface area contributed by atoms with Crippen LogP contribution in [0.15, 0.2) is 55.1 Å². The van der Waals surface area contributed by atoms with E-state index in [0.29, 0.717) is 29.9 Å². The fourth-order valence-electron chi connectivity index (χ4n) is 3.84. The number of hydrogen-bond acceptors (Lipinski definition) is 3. The van der Waals surface area contributed by atoms with Crippen LogP contribution < -0.4 is 10.2 Å². The largest absolute Gasteiger partial charge is 0.326 e. The lowest BCUT2D eigenvalue weighted by Gasteiger charge is -2.27. The molecule has 0 atom stereocenters. The van der Waals surface area contributed by atoms with Crippen LogP contribution in [-0.4, -0.2) is 35.7 Å². The normalized spacial score (nSPS) is 16.2. The van der Waals surface area contributed by atoms with Gasteiger partial charge in [0.05, 0.1) is 0 Å². The highest BCUT2D eigenvalue weighted by Gasteiger charge is 2.30. The van der Waals surface area contributed by atoms with Gasteiger partial charge in [-0.1, -0.05) is 30.8 Å². The van der Waals surface area contributed by atoms with Crippen LogP contribution in [-0.2, 0) is 9.59 Å². The minimum Gasteiger partial charge on any atom is -0.326 e. The molecule has 1 N–H and O–H groups in total. The molecule has 6 heteroatoms. The number of carbonyl (C=O) groups excluding carboxylic acids is 3. The minimum atomic E-state index is -0.191. The molecule has 2 aliphatic heterocycles. The molecule has 1 fully saturated rings. The summed E-state index contributed by atoms with van der Waals surface area (Å²) in [6.07, 6.45) is 2.63. The second-order valence-electron chi connectivity index (χ2n) is 7.30. The van der Waals surface area contributed by atoms with Gasteiger partial charge in [-0.25, -0.2) is 0 Å². The van der Waals surface area contributed by atoms with Gasteiger partial charge < -0.3 is 15.1 Å². The summed E-state index contributed by atoms with van der Waals surface area (Å²) < 4.78 is 0. The van der Waals surface area contributed by atoms with Crippen molar-refractivity contribution in [1.29, 1.82) is 0 Å². The van der Waals surface area contributed by atoms with Crippen molar-refractivity contribution in [2.24, 2.45) is 0 Å². The number of fused-ring (bicyclic) bond motifs is 1. The van der Waals surface area contributed by atoms with Gasteiger partial charge in [0.1, 0.15) is 0 Å². The predicted molar refractivity (Wildman–Crippen MR) is 112 cm³/mol. The summed E-state index contributed by atoms with van der Waals surface area (Å²) in [5, 5.41) is 2.87. The Balaban J connectivity index is 1.37. The van der Waals surface area contributed by atoms with E-state index in [1.165, 1.54) is 0 Å². The first kappa shape index (κ1) is 18.9. The molecule has 3 amide bonds. The van der Waals surface area contributed by atoms with Gasteiger partial charge in [0.25, 0.3) is 5.91 Å². The van der Waals surface area contributed by atoms with E-state index in [9.17, 15) is 14.4 Å². The van der Waals surface area contributed by atoms with Crippen molar-refractivity contribution in [3.8, 4) is 0 Å². The van der Waals surface area contributed by atoms with Crippen LogP contribution in [0.4, 0.5) is 11.4 Å². The maximum Gasteiger partial charge on any atom is 0.258 e. The summed E-state index contributed by atoms with van der Waals surface area (Å²) in [5.41, 5.74) is 3.50. The Morgan fingerprint density at radius 1 is 1.03 bits per heavy atom. The van der Waals surface area contributed by atoms with Crippen LogP contribution >= 0.6 is 0 Å². The third-order valence-corrected chi connectivity index (χ3v) is 5.37. The third kappa shape index (κ3) is 3.78. The van der Waals surface area contributed by atoms with Crippen molar-refractivity contribution in [3.05, 3.63) is 66.2 Å². The van der Waals surface area contributed by atoms with Gasteiger partial charge in [-0.2, -0.15) is 0 Å². The Hall–Kier alpha value is -3.41. The van der Waals surface area contributed by atoms with E-state index in [1.807, 2.05) is 36.4 Å². The lowest BCUT2D eigenvalue weighted by atomic mass is 10.1. The molecule has 0 unspecified atom stereocenters. The number of carbonyl (C=O) groups is 3. The summed E-state index contributed by atoms with van der Waals surface area (Å²) in [4.78, 5) is 40.4. The van der Waals surface area contributed by atoms with Crippen molar-refractivity contribution in [3.63, 3.8) is 0 Å². The minimum absolute atomic E-state index is 0.116. The summed E-state index contributed by atoms with van der Waals surface area (Å²) in [7, 11) is 0. The number of rotatable bonds is 5. The van der Waals surface area contributed by atoms with Crippen LogP contribution in [0, 0.1) is 0 Å². The van der Waals surface area contributed by atoms with Gasteiger partial charge in [0, 0.05) is 54.1 Å². The van der Waals surface area contributed by atoms with Crippen molar-refractivity contribution in [2.75, 3.05) is 23.3 Å². The van der Waals surface area contributed by atoms with Crippen LogP contribution in [0.25, 0.3) is 5.70 Å². The number of nitrogens with zero attached hydrogens (tertiary/aromatic N) is 2. The first-order chi connectivity index (χ1) is 14.0. The molecular weight excluding hydrogens is 366 g/mol. The SMILES string of the molecule is C=C1c2ccccc2C(=O)N1CCC(=O)Nc1cccc(N2CCCCC2=O)c1. The number of hydrogen-bond donors (Lipinski definition) is 1. The standard InChI is InChI=1S/C23H23N3O3/c1-16-19-9-2-3-10-20(19)23(29)25(16)14-12-21(27)24-17-7-6-8-18(15-17)26-13-5-4-11-22(26)28/h2-3,6-10,15H,1,4-5,11-14H2,(H,24,27). The summed E-state index contributed by atoms with van der Waals surface area (Å²) in [6, 6.07) is 14.6. The highest BCUT2D eigenvalue weighted by atomic mass is 16.2. The first-order valence-electron chi connectivity index (χ1n) is 9.85. The van der Waals surface area contributed by atoms with Gasteiger partial charge in [-0.15, -0.1) is 0 Å². The Morgan fingerprint density at radius 2 is 1.83 bits per heavy atom. The summed E-state index contributed by atoms with van der Waals surface area (Å²) in [5.74, 6) is -0.196. The van der Waals surface area contributed by atoms with Crippen molar-refractivity contribution < 1.29 is 14.4 Å². The number of piperidine rings is 1. The molecule has 148 valence electrons. The van der Waals surface area contributed by atoms with Gasteiger partial charge in [0.15, 0.2) is 0 Å². The molecule has 6 nitrogen and oxygen atoms in total. The second kappa shape index (κ2) is 7.91. The predicted octanol–water partition coefficient (Wildman–Crippen LogP) is 3.66. The van der Waals surface area contributed by atoms with Crippen LogP contribution in [0.3, 0.4) is 0 Å². The van der Waals surface area contributed by atoms with Gasteiger partial charge in [-0.3, -0.25) is 14.4 Å². The molecule has 2 aliphatic rings. The van der Waals surface area contributed by atoms with E-state index in [1.54, 1.807) is 21.9 Å². The van der Waals surface area contributed by atoms with Crippen molar-refractivity contribution in [2.45, 2.75) is 25.7 Å². The average Bonchev–Trinajstić information content (AvgIpc) is 2.97. The molecule has 4 rings (SSSR count). The Morgan fingerprint density at radius 3 is 2.59 bits per heavy atom. The molecule has 29 heavy (non-hydrogen) atoms. The maximum absolute atomic E-state index is 12.5. The highest BCUT2D eigenvalue weighted by molar-refractivity contribution is 6.09. The van der Waals surface area contributed by atoms with Crippen LogP contribution in [0.2, 0.25) is 0 Å². The zero-order chi connectivity index (χ0) is 20.4. The van der Waals surface area contributed by atoms with Gasteiger partial charge in [-0.05, 0) is 37.1 Å². The van der Waals surface area contributed by atoms with Gasteiger partial charge >= 0.3 is 0 Å². The average molecular weight is 389 g/mol. The molecule has 0 spiro atoms. The molecule has 2 heterocycles. The van der Waals surface area contributed by atoms with Crippen LogP contribution in [0.1, 0.15) is 41.6 Å². The summed E-state index contributed by atoms with van der Waals surface area (Å²) >= 11 is 0. The Kier molecular flexibility index (Phi) is 5.16. The highest BCUT2D eigenvalue weighted by Crippen LogP contribution is 2.31. The fourth-order valence-corrected chi connectivity index (χ4v) is 3.84. The molecule has 0 aromatic heterocycles. The molecular formula is C23H23N3O3. The fraction of sp³-hybridized carbons (Fsp3) is 0.261. The molecule has 0 saturated carbocycles. The second-order valence-corrected chi connectivity index (χ2v) is 7.30. The number of nitrogens with one attached hydrogen (secondary N) is 1. The van der Waals surface area contributed by atoms with Crippen molar-refractivity contribution in [1.82, 2.24) is 4.90 Å². The Labute approximate surface area is 169 Å². The topological polar surface area (TPSA) is 69.7 Å². The number of benzene rings is 2. The molecule has 1 saturated heterocycles. The third-order valence-electron chi connectivity index (χ3n) is 5.37. The monoisotopic (exact) mass is 389 g/mol. The van der Waals surface area contributed by atoms with E-state index in [-0.39, 0.29) is 30.7 Å². The van der Waals surface area contributed by atoms with E-state index >= 15 is 0 Å². The lowest BCUT2D eigenvalue weighted by Crippen LogP contribution is -2.35. The quantitative estimate of drug-likeness (QED) is 0.848. The molecule has 0 bridgehead atoms. The van der Waals surface area contributed by atoms with E-state index in [0.717, 1.165) is 24.1 Å². The van der Waals surface area contributed by atoms with Crippen LogP contribution in [0.5, 0.6) is 0 Å². The van der Waals surface area contributed by atoms with Gasteiger partial charge in [0.2, 0.25) is 11.8 Å². The van der Waals surface area contributed by atoms with E-state index < -0.39 is 0 Å². The number of amides is 3. The molecule has 2 aromatic carbocycles. The van der Waals surface area contributed by atoms with E-state index in [2.05, 4.69) is 11.9 Å². The molecule has 0 aliphatic carbocycles. The first-order valence-corrected chi connectivity index (χ1v) is 9.85. The van der Waals surface area contributed by atoms with E-state index in [4.69, 9.17) is 0 Å². The zero-order valence-electron chi connectivity index (χ0n) is 16.2. The maximum atomic E-state index is 12.5. The summed E-state index contributed by atoms with van der Waals surface area (Å²) in [6.45, 7) is 4.97. The molecule has 2 aromatic rings. The molecule has 0 radical (unpaired) electrons. The Bertz CT molecular complexity index is 963. The lowest BCUT2D eigenvalue weighted by molar-refractivity contribution is -0.119.